The van der Waals surface area contributed by atoms with Gasteiger partial charge in [-0.15, -0.1) is 0 Å². The first kappa shape index (κ1) is 18.3. The number of nitrogens with one attached hydrogen (secondary N) is 1. The van der Waals surface area contributed by atoms with E-state index < -0.39 is 10.0 Å². The summed E-state index contributed by atoms with van der Waals surface area (Å²) in [5.74, 6) is 0.350. The Labute approximate surface area is 153 Å². The normalized spacial score (nSPS) is 16.6. The molecule has 0 saturated carbocycles. The molecule has 1 amide bonds. The molecule has 0 aromatic heterocycles. The molecule has 7 heteroatoms. The van der Waals surface area contributed by atoms with Crippen LogP contribution in [0.5, 0.6) is 5.75 Å². The summed E-state index contributed by atoms with van der Waals surface area (Å²) >= 11 is 0. The summed E-state index contributed by atoms with van der Waals surface area (Å²) in [5.41, 5.74) is 2.80. The fourth-order valence-corrected chi connectivity index (χ4v) is 4.07. The molecule has 2 aromatic carbocycles. The summed E-state index contributed by atoms with van der Waals surface area (Å²) in [5, 5.41) is 0. The fourth-order valence-electron chi connectivity index (χ4n) is 2.93. The van der Waals surface area contributed by atoms with Crippen molar-refractivity contribution in [2.75, 3.05) is 16.2 Å². The van der Waals surface area contributed by atoms with E-state index in [0.717, 1.165) is 11.1 Å². The van der Waals surface area contributed by atoms with Gasteiger partial charge in [-0.25, -0.2) is 8.42 Å². The number of hydrogen-bond acceptors (Lipinski definition) is 4. The molecule has 2 aromatic rings. The van der Waals surface area contributed by atoms with E-state index >= 15 is 0 Å². The first-order valence-electron chi connectivity index (χ1n) is 8.36. The molecule has 1 N–H and O–H groups in total. The number of benzene rings is 2. The van der Waals surface area contributed by atoms with Crippen molar-refractivity contribution < 1.29 is 17.9 Å². The Hall–Kier alpha value is -2.54. The van der Waals surface area contributed by atoms with Crippen molar-refractivity contribution in [3.8, 4) is 5.75 Å². The van der Waals surface area contributed by atoms with Gasteiger partial charge in [0.05, 0.1) is 22.8 Å². The number of fused-ring (bicyclic) bond motifs is 1. The Morgan fingerprint density at radius 2 is 1.92 bits per heavy atom. The lowest BCUT2D eigenvalue weighted by Crippen LogP contribution is -2.41. The summed E-state index contributed by atoms with van der Waals surface area (Å²) in [7, 11) is -3.79. The zero-order valence-electron chi connectivity index (χ0n) is 15.2. The highest BCUT2D eigenvalue weighted by atomic mass is 32.2. The molecule has 3 rings (SSSR count). The summed E-state index contributed by atoms with van der Waals surface area (Å²) in [6.07, 6.45) is -0.151. The minimum atomic E-state index is -3.79. The zero-order valence-corrected chi connectivity index (χ0v) is 16.1. The Morgan fingerprint density at radius 3 is 2.62 bits per heavy atom. The molecule has 6 nitrogen and oxygen atoms in total. The number of aryl methyl sites for hydroxylation is 2. The van der Waals surface area contributed by atoms with Gasteiger partial charge in [-0.3, -0.25) is 9.52 Å². The number of carbonyl (C=O) groups excluding carboxylic acids is 1. The average Bonchev–Trinajstić information content (AvgIpc) is 2.56. The maximum absolute atomic E-state index is 12.8. The number of carbonyl (C=O) groups is 1. The number of hydrogen-bond donors (Lipinski definition) is 1. The Kier molecular flexibility index (Phi) is 4.66. The lowest BCUT2D eigenvalue weighted by Gasteiger charge is -2.33. The minimum absolute atomic E-state index is 0.0848. The van der Waals surface area contributed by atoms with Crippen molar-refractivity contribution in [3.63, 3.8) is 0 Å². The fraction of sp³-hybridized carbons (Fsp3) is 0.316. The monoisotopic (exact) mass is 374 g/mol. The molecule has 0 saturated heterocycles. The van der Waals surface area contributed by atoms with Gasteiger partial charge in [-0.1, -0.05) is 12.1 Å². The molecule has 0 spiro atoms. The van der Waals surface area contributed by atoms with Crippen molar-refractivity contribution in [1.29, 1.82) is 0 Å². The van der Waals surface area contributed by atoms with Crippen LogP contribution >= 0.6 is 0 Å². The molecule has 1 atom stereocenters. The predicted molar refractivity (Wildman–Crippen MR) is 101 cm³/mol. The Balaban J connectivity index is 2.00. The molecule has 0 unspecified atom stereocenters. The summed E-state index contributed by atoms with van der Waals surface area (Å²) in [6, 6.07) is 10.2. The first-order valence-corrected chi connectivity index (χ1v) is 9.84. The van der Waals surface area contributed by atoms with E-state index in [0.29, 0.717) is 23.7 Å². The van der Waals surface area contributed by atoms with Crippen LogP contribution in [-0.4, -0.2) is 27.0 Å². The molecule has 0 bridgehead atoms. The van der Waals surface area contributed by atoms with E-state index in [1.54, 1.807) is 17.0 Å². The quantitative estimate of drug-likeness (QED) is 0.895. The number of sulfonamides is 1. The average molecular weight is 374 g/mol. The molecule has 0 radical (unpaired) electrons. The van der Waals surface area contributed by atoms with Gasteiger partial charge in [0.2, 0.25) is 5.91 Å². The highest BCUT2D eigenvalue weighted by molar-refractivity contribution is 7.92. The van der Waals surface area contributed by atoms with Crippen LogP contribution in [0.3, 0.4) is 0 Å². The van der Waals surface area contributed by atoms with E-state index in [1.165, 1.54) is 19.1 Å². The van der Waals surface area contributed by atoms with Crippen LogP contribution in [0.15, 0.2) is 41.3 Å². The maximum atomic E-state index is 12.8. The van der Waals surface area contributed by atoms with Crippen LogP contribution < -0.4 is 14.4 Å². The van der Waals surface area contributed by atoms with Gasteiger partial charge in [0.25, 0.3) is 10.0 Å². The molecule has 26 heavy (non-hydrogen) atoms. The molecule has 1 aliphatic heterocycles. The second-order valence-electron chi connectivity index (χ2n) is 6.61. The van der Waals surface area contributed by atoms with Crippen molar-refractivity contribution >= 4 is 27.3 Å². The Morgan fingerprint density at radius 1 is 1.19 bits per heavy atom. The van der Waals surface area contributed by atoms with Crippen molar-refractivity contribution in [2.24, 2.45) is 0 Å². The highest BCUT2D eigenvalue weighted by Gasteiger charge is 2.28. The van der Waals surface area contributed by atoms with Gasteiger partial charge in [0, 0.05) is 6.92 Å². The topological polar surface area (TPSA) is 75.7 Å². The zero-order chi connectivity index (χ0) is 19.1. The number of anilines is 2. The van der Waals surface area contributed by atoms with Crippen LogP contribution in [0.25, 0.3) is 0 Å². The van der Waals surface area contributed by atoms with Crippen molar-refractivity contribution in [2.45, 2.75) is 38.7 Å². The summed E-state index contributed by atoms with van der Waals surface area (Å²) in [4.78, 5) is 13.6. The van der Waals surface area contributed by atoms with Gasteiger partial charge >= 0.3 is 0 Å². The number of nitrogens with zero attached hydrogens (tertiary/aromatic N) is 1. The third-order valence-corrected chi connectivity index (χ3v) is 5.68. The lowest BCUT2D eigenvalue weighted by molar-refractivity contribution is -0.117. The van der Waals surface area contributed by atoms with Gasteiger partial charge in [-0.05, 0) is 56.2 Å². The molecule has 1 heterocycles. The summed E-state index contributed by atoms with van der Waals surface area (Å²) in [6.45, 7) is 7.45. The van der Waals surface area contributed by atoms with Crippen LogP contribution in [0.2, 0.25) is 0 Å². The van der Waals surface area contributed by atoms with E-state index in [9.17, 15) is 13.2 Å². The van der Waals surface area contributed by atoms with E-state index in [1.807, 2.05) is 32.9 Å². The second kappa shape index (κ2) is 6.64. The van der Waals surface area contributed by atoms with Crippen LogP contribution in [0, 0.1) is 13.8 Å². The standard InChI is InChI=1S/C19H22N2O4S/c1-12-5-6-13(2)17(9-12)20-26(23,24)16-7-8-19-18(10-16)21(15(4)22)11-14(3)25-19/h5-10,14,20H,11H2,1-4H3/t14-/m0/s1. The van der Waals surface area contributed by atoms with Crippen molar-refractivity contribution in [1.82, 2.24) is 0 Å². The van der Waals surface area contributed by atoms with Crippen LogP contribution in [0.4, 0.5) is 11.4 Å². The predicted octanol–water partition coefficient (Wildman–Crippen LogP) is 3.24. The van der Waals surface area contributed by atoms with Crippen LogP contribution in [-0.2, 0) is 14.8 Å². The second-order valence-corrected chi connectivity index (χ2v) is 8.29. The van der Waals surface area contributed by atoms with E-state index in [4.69, 9.17) is 4.74 Å². The SMILES string of the molecule is CC(=O)N1C[C@H](C)Oc2ccc(S(=O)(=O)Nc3cc(C)ccc3C)cc21. The number of ether oxygens (including phenoxy) is 1. The molecule has 0 aliphatic carbocycles. The van der Waals surface area contributed by atoms with Gasteiger partial charge in [0.1, 0.15) is 11.9 Å². The number of rotatable bonds is 3. The van der Waals surface area contributed by atoms with E-state index in [-0.39, 0.29) is 16.9 Å². The Bertz CT molecular complexity index is 969. The van der Waals surface area contributed by atoms with Gasteiger partial charge in [-0.2, -0.15) is 0 Å². The van der Waals surface area contributed by atoms with Gasteiger partial charge in [0.15, 0.2) is 0 Å². The van der Waals surface area contributed by atoms with Crippen molar-refractivity contribution in [3.05, 3.63) is 47.5 Å². The highest BCUT2D eigenvalue weighted by Crippen LogP contribution is 2.36. The van der Waals surface area contributed by atoms with Crippen LogP contribution in [0.1, 0.15) is 25.0 Å². The molecule has 0 fully saturated rings. The first-order chi connectivity index (χ1) is 12.2. The number of amides is 1. The third-order valence-electron chi connectivity index (χ3n) is 4.32. The summed E-state index contributed by atoms with van der Waals surface area (Å²) < 4.78 is 34.0. The lowest BCUT2D eigenvalue weighted by atomic mass is 10.1. The van der Waals surface area contributed by atoms with E-state index in [2.05, 4.69) is 4.72 Å². The molecule has 138 valence electrons. The molecular formula is C19H22N2O4S. The van der Waals surface area contributed by atoms with Gasteiger partial charge < -0.3 is 9.64 Å². The molecular weight excluding hydrogens is 352 g/mol. The maximum Gasteiger partial charge on any atom is 0.261 e. The third kappa shape index (κ3) is 3.53. The largest absolute Gasteiger partial charge is 0.487 e. The minimum Gasteiger partial charge on any atom is -0.487 e. The smallest absolute Gasteiger partial charge is 0.261 e. The molecule has 1 aliphatic rings.